The fourth-order valence-electron chi connectivity index (χ4n) is 2.80. The van der Waals surface area contributed by atoms with Gasteiger partial charge < -0.3 is 4.74 Å². The number of nitrogens with zero attached hydrogens (tertiary/aromatic N) is 4. The van der Waals surface area contributed by atoms with Crippen LogP contribution in [0.25, 0.3) is 5.70 Å². The van der Waals surface area contributed by atoms with E-state index in [1.807, 2.05) is 0 Å². The van der Waals surface area contributed by atoms with Gasteiger partial charge in [0.05, 0.1) is 17.1 Å². The fourth-order valence-corrected chi connectivity index (χ4v) is 4.84. The maximum Gasteiger partial charge on any atom is 0.270 e. The third kappa shape index (κ3) is 3.90. The molecular weight excluding hydrogens is 346 g/mol. The smallest absolute Gasteiger partial charge is 0.270 e. The van der Waals surface area contributed by atoms with Gasteiger partial charge in [-0.3, -0.25) is 10.1 Å². The van der Waals surface area contributed by atoms with Crippen LogP contribution in [0.15, 0.2) is 6.58 Å². The van der Waals surface area contributed by atoms with E-state index in [1.165, 1.54) is 13.8 Å². The molecule has 9 nitrogen and oxygen atoms in total. The van der Waals surface area contributed by atoms with Gasteiger partial charge in [-0.1, -0.05) is 11.7 Å². The number of ether oxygens (including phenoxy) is 1. The second-order valence-corrected chi connectivity index (χ2v) is 9.56. The van der Waals surface area contributed by atoms with Crippen LogP contribution < -0.4 is 5.32 Å². The highest BCUT2D eigenvalue weighted by Crippen LogP contribution is 2.32. The van der Waals surface area contributed by atoms with Crippen molar-refractivity contribution in [1.82, 2.24) is 20.2 Å². The Morgan fingerprint density at radius 1 is 1.32 bits per heavy atom. The highest BCUT2D eigenvalue weighted by molar-refractivity contribution is 7.94. The van der Waals surface area contributed by atoms with E-state index in [9.17, 15) is 13.2 Å². The number of anilines is 1. The van der Waals surface area contributed by atoms with Crippen molar-refractivity contribution in [1.29, 1.82) is 0 Å². The Kier molecular flexibility index (Phi) is 5.62. The summed E-state index contributed by atoms with van der Waals surface area (Å²) in [6.45, 7) is 8.15. The molecule has 1 fully saturated rings. The van der Waals surface area contributed by atoms with Crippen molar-refractivity contribution in [3.05, 3.63) is 6.58 Å². The van der Waals surface area contributed by atoms with Crippen LogP contribution in [-0.2, 0) is 19.4 Å². The zero-order valence-electron chi connectivity index (χ0n) is 15.0. The molecular formula is C15H25N5O4S. The Hall–Kier alpha value is -1.81. The minimum absolute atomic E-state index is 0.0561. The van der Waals surface area contributed by atoms with Gasteiger partial charge in [0, 0.05) is 7.11 Å². The second-order valence-electron chi connectivity index (χ2n) is 6.78. The van der Waals surface area contributed by atoms with Crippen LogP contribution in [0.4, 0.5) is 5.95 Å². The van der Waals surface area contributed by atoms with Crippen molar-refractivity contribution >= 4 is 27.4 Å². The molecule has 0 atom stereocenters. The summed E-state index contributed by atoms with van der Waals surface area (Å²) in [6, 6.07) is 0. The molecule has 1 aliphatic carbocycles. The molecule has 1 aromatic heterocycles. The molecule has 140 valence electrons. The first-order valence-corrected chi connectivity index (χ1v) is 9.67. The number of rotatable bonds is 6. The van der Waals surface area contributed by atoms with Gasteiger partial charge in [0.15, 0.2) is 9.84 Å². The first kappa shape index (κ1) is 19.5. The van der Waals surface area contributed by atoms with Crippen LogP contribution in [0.2, 0.25) is 0 Å². The van der Waals surface area contributed by atoms with Crippen LogP contribution in [0, 0.1) is 0 Å². The first-order chi connectivity index (χ1) is 11.6. The van der Waals surface area contributed by atoms with E-state index in [0.29, 0.717) is 31.4 Å². The maximum atomic E-state index is 13.0. The minimum Gasteiger partial charge on any atom is -0.381 e. The number of tetrazole rings is 1. The predicted molar refractivity (Wildman–Crippen MR) is 93.5 cm³/mol. The Bertz CT molecular complexity index is 748. The minimum atomic E-state index is -3.69. The number of amides is 1. The number of methoxy groups -OCH3 is 1. The average Bonchev–Trinajstić information content (AvgIpc) is 3.03. The molecule has 0 bridgehead atoms. The normalized spacial score (nSPS) is 21.8. The summed E-state index contributed by atoms with van der Waals surface area (Å²) >= 11 is 0. The van der Waals surface area contributed by atoms with E-state index in [0.717, 1.165) is 4.80 Å². The van der Waals surface area contributed by atoms with Gasteiger partial charge in [-0.05, 0) is 51.7 Å². The van der Waals surface area contributed by atoms with Gasteiger partial charge in [-0.25, -0.2) is 8.42 Å². The molecule has 10 heteroatoms. The van der Waals surface area contributed by atoms with Gasteiger partial charge in [-0.2, -0.15) is 0 Å². The van der Waals surface area contributed by atoms with Crippen molar-refractivity contribution in [2.75, 3.05) is 12.4 Å². The lowest BCUT2D eigenvalue weighted by atomic mass is 9.97. The zero-order chi connectivity index (χ0) is 18.8. The molecule has 1 saturated carbocycles. The van der Waals surface area contributed by atoms with Gasteiger partial charge in [0.2, 0.25) is 5.91 Å². The van der Waals surface area contributed by atoms with Crippen molar-refractivity contribution in [2.45, 2.75) is 62.6 Å². The third-order valence-electron chi connectivity index (χ3n) is 4.63. The molecule has 0 saturated heterocycles. The van der Waals surface area contributed by atoms with Gasteiger partial charge in [0.1, 0.15) is 4.75 Å². The van der Waals surface area contributed by atoms with Crippen LogP contribution in [0.1, 0.15) is 46.5 Å². The largest absolute Gasteiger partial charge is 0.381 e. The summed E-state index contributed by atoms with van der Waals surface area (Å²) < 4.78 is 29.6. The Morgan fingerprint density at radius 3 is 2.40 bits per heavy atom. The lowest BCUT2D eigenvalue weighted by Crippen LogP contribution is -2.50. The van der Waals surface area contributed by atoms with E-state index in [-0.39, 0.29) is 12.1 Å². The molecule has 1 amide bonds. The summed E-state index contributed by atoms with van der Waals surface area (Å²) in [7, 11) is -2.06. The number of aromatic nitrogens is 4. The van der Waals surface area contributed by atoms with Crippen molar-refractivity contribution in [2.24, 2.45) is 0 Å². The number of sulfone groups is 1. The Morgan fingerprint density at radius 2 is 1.92 bits per heavy atom. The Labute approximate surface area is 147 Å². The molecule has 0 radical (unpaired) electrons. The molecule has 1 aromatic rings. The van der Waals surface area contributed by atoms with E-state index >= 15 is 0 Å². The molecule has 2 rings (SSSR count). The molecule has 1 N–H and O–H groups in total. The van der Waals surface area contributed by atoms with Gasteiger partial charge >= 0.3 is 0 Å². The van der Waals surface area contributed by atoms with Crippen LogP contribution in [0.5, 0.6) is 0 Å². The standard InChI is InChI=1S/C15H25N5O4S/c1-10(2)20-18-14(17-19-20)16-13(21)15(3,4)25(22,23)12-8-6-11(24-5)7-9-12/h11-12H,1,6-9H2,2-5H3,(H,16,18,21). The van der Waals surface area contributed by atoms with E-state index in [2.05, 4.69) is 27.3 Å². The lowest BCUT2D eigenvalue weighted by Gasteiger charge is -2.33. The fraction of sp³-hybridized carbons (Fsp3) is 0.733. The highest BCUT2D eigenvalue weighted by atomic mass is 32.2. The van der Waals surface area contributed by atoms with E-state index in [4.69, 9.17) is 4.74 Å². The first-order valence-electron chi connectivity index (χ1n) is 8.13. The molecule has 0 spiro atoms. The molecule has 0 aromatic carbocycles. The summed E-state index contributed by atoms with van der Waals surface area (Å²) in [6.07, 6.45) is 2.41. The van der Waals surface area contributed by atoms with Gasteiger partial charge in [0.25, 0.3) is 5.95 Å². The van der Waals surface area contributed by atoms with E-state index < -0.39 is 25.7 Å². The SMILES string of the molecule is C=C(C)n1nnc(NC(=O)C(C)(C)S(=O)(=O)C2CCC(OC)CC2)n1. The Balaban J connectivity index is 2.12. The highest BCUT2D eigenvalue weighted by Gasteiger charge is 2.47. The number of carbonyl (C=O) groups excluding carboxylic acids is 1. The molecule has 0 aliphatic heterocycles. The third-order valence-corrected chi connectivity index (χ3v) is 7.59. The van der Waals surface area contributed by atoms with Crippen molar-refractivity contribution in [3.8, 4) is 0 Å². The van der Waals surface area contributed by atoms with Crippen LogP contribution >= 0.6 is 0 Å². The monoisotopic (exact) mass is 371 g/mol. The summed E-state index contributed by atoms with van der Waals surface area (Å²) in [5.74, 6) is -0.734. The number of hydrogen-bond donors (Lipinski definition) is 1. The summed E-state index contributed by atoms with van der Waals surface area (Å²) in [5.41, 5.74) is 0.523. The average molecular weight is 371 g/mol. The van der Waals surface area contributed by atoms with E-state index in [1.54, 1.807) is 14.0 Å². The second kappa shape index (κ2) is 7.20. The molecule has 0 unspecified atom stereocenters. The number of allylic oxidation sites excluding steroid dienone is 1. The number of carbonyl (C=O) groups is 1. The summed E-state index contributed by atoms with van der Waals surface area (Å²) in [4.78, 5) is 13.7. The zero-order valence-corrected chi connectivity index (χ0v) is 15.8. The van der Waals surface area contributed by atoms with Gasteiger partial charge in [-0.15, -0.1) is 9.90 Å². The topological polar surface area (TPSA) is 116 Å². The van der Waals surface area contributed by atoms with Crippen molar-refractivity contribution < 1.29 is 17.9 Å². The predicted octanol–water partition coefficient (Wildman–Crippen LogP) is 1.25. The lowest BCUT2D eigenvalue weighted by molar-refractivity contribution is -0.117. The molecule has 1 heterocycles. The van der Waals surface area contributed by atoms with Crippen molar-refractivity contribution in [3.63, 3.8) is 0 Å². The molecule has 25 heavy (non-hydrogen) atoms. The quantitative estimate of drug-likeness (QED) is 0.800. The number of hydrogen-bond acceptors (Lipinski definition) is 7. The maximum absolute atomic E-state index is 13.0. The van der Waals surface area contributed by atoms with Crippen LogP contribution in [0.3, 0.4) is 0 Å². The number of nitrogens with one attached hydrogen (secondary N) is 1. The summed E-state index contributed by atoms with van der Waals surface area (Å²) in [5, 5.41) is 13.2. The molecule has 1 aliphatic rings. The van der Waals surface area contributed by atoms with Crippen LogP contribution in [-0.4, -0.2) is 57.7 Å².